The van der Waals surface area contributed by atoms with Crippen molar-refractivity contribution in [1.29, 1.82) is 0 Å². The van der Waals surface area contributed by atoms with Gasteiger partial charge in [-0.2, -0.15) is 0 Å². The van der Waals surface area contributed by atoms with Crippen LogP contribution in [-0.2, 0) is 0 Å². The summed E-state index contributed by atoms with van der Waals surface area (Å²) >= 11 is 16.6. The number of halogens is 2. The van der Waals surface area contributed by atoms with Crippen molar-refractivity contribution in [1.82, 2.24) is 9.55 Å². The first-order chi connectivity index (χ1) is 9.06. The van der Waals surface area contributed by atoms with Crippen LogP contribution in [0.2, 0.25) is 4.34 Å². The van der Waals surface area contributed by atoms with E-state index in [1.165, 1.54) is 4.88 Å². The van der Waals surface area contributed by atoms with E-state index in [0.29, 0.717) is 0 Å². The minimum atomic E-state index is 0.160. The van der Waals surface area contributed by atoms with Gasteiger partial charge in [-0.3, -0.25) is 0 Å². The molecule has 1 aromatic carbocycles. The molecule has 2 aromatic heterocycles. The van der Waals surface area contributed by atoms with E-state index in [9.17, 15) is 0 Å². The van der Waals surface area contributed by atoms with E-state index in [4.69, 9.17) is 23.8 Å². The van der Waals surface area contributed by atoms with Gasteiger partial charge in [0.1, 0.15) is 0 Å². The van der Waals surface area contributed by atoms with Gasteiger partial charge in [-0.1, -0.05) is 27.5 Å². The summed E-state index contributed by atoms with van der Waals surface area (Å²) < 4.78 is 4.69. The van der Waals surface area contributed by atoms with Crippen molar-refractivity contribution < 1.29 is 0 Å². The zero-order valence-electron chi connectivity index (χ0n) is 9.98. The zero-order chi connectivity index (χ0) is 13.6. The highest BCUT2D eigenvalue weighted by Crippen LogP contribution is 2.32. The van der Waals surface area contributed by atoms with Gasteiger partial charge in [0.25, 0.3) is 0 Å². The predicted molar refractivity (Wildman–Crippen MR) is 88.0 cm³/mol. The first-order valence-corrected chi connectivity index (χ1v) is 8.11. The summed E-state index contributed by atoms with van der Waals surface area (Å²) in [6, 6.07) is 10.2. The Morgan fingerprint density at radius 2 is 2.16 bits per heavy atom. The van der Waals surface area contributed by atoms with E-state index in [-0.39, 0.29) is 6.04 Å². The number of hydrogen-bond donors (Lipinski definition) is 1. The minimum Gasteiger partial charge on any atom is -0.331 e. The molecule has 0 saturated heterocycles. The molecule has 2 nitrogen and oxygen atoms in total. The van der Waals surface area contributed by atoms with Crippen LogP contribution in [0, 0.1) is 4.77 Å². The molecule has 98 valence electrons. The standard InChI is InChI=1S/C13H10BrClN2S2/c1-7(11-4-5-12(15)19-11)17-10-6-8(14)2-3-9(10)16-13(17)18/h2-7H,1H3,(H,16,18). The molecule has 0 aliphatic rings. The van der Waals surface area contributed by atoms with Crippen LogP contribution in [0.3, 0.4) is 0 Å². The third-order valence-electron chi connectivity index (χ3n) is 3.07. The Labute approximate surface area is 133 Å². The molecule has 6 heteroatoms. The third-order valence-corrected chi connectivity index (χ3v) is 5.27. The number of rotatable bonds is 2. The Kier molecular flexibility index (Phi) is 3.55. The van der Waals surface area contributed by atoms with Crippen molar-refractivity contribution in [3.8, 4) is 0 Å². The van der Waals surface area contributed by atoms with Crippen molar-refractivity contribution in [2.75, 3.05) is 0 Å². The molecule has 3 aromatic rings. The first-order valence-electron chi connectivity index (χ1n) is 5.71. The molecule has 2 heterocycles. The number of hydrogen-bond acceptors (Lipinski definition) is 2. The smallest absolute Gasteiger partial charge is 0.178 e. The quantitative estimate of drug-likeness (QED) is 0.564. The normalized spacial score (nSPS) is 13.0. The van der Waals surface area contributed by atoms with Gasteiger partial charge in [-0.05, 0) is 49.5 Å². The molecule has 0 aliphatic carbocycles. The minimum absolute atomic E-state index is 0.160. The van der Waals surface area contributed by atoms with Gasteiger partial charge >= 0.3 is 0 Å². The van der Waals surface area contributed by atoms with Gasteiger partial charge in [0, 0.05) is 9.35 Å². The molecule has 0 saturated carbocycles. The lowest BCUT2D eigenvalue weighted by Gasteiger charge is -2.12. The van der Waals surface area contributed by atoms with Crippen LogP contribution >= 0.6 is 51.1 Å². The van der Waals surface area contributed by atoms with Crippen LogP contribution in [-0.4, -0.2) is 9.55 Å². The second-order valence-corrected chi connectivity index (χ2v) is 7.33. The molecule has 0 spiro atoms. The van der Waals surface area contributed by atoms with Crippen molar-refractivity contribution in [2.24, 2.45) is 0 Å². The fourth-order valence-corrected chi connectivity index (χ4v) is 3.98. The summed E-state index contributed by atoms with van der Waals surface area (Å²) in [6.07, 6.45) is 0. The largest absolute Gasteiger partial charge is 0.331 e. The Morgan fingerprint density at radius 3 is 2.84 bits per heavy atom. The van der Waals surface area contributed by atoms with Gasteiger partial charge in [-0.25, -0.2) is 0 Å². The maximum absolute atomic E-state index is 6.02. The van der Waals surface area contributed by atoms with Crippen LogP contribution in [0.15, 0.2) is 34.8 Å². The monoisotopic (exact) mass is 372 g/mol. The van der Waals surface area contributed by atoms with Crippen molar-refractivity contribution in [3.63, 3.8) is 0 Å². The first kappa shape index (κ1) is 13.4. The predicted octanol–water partition coefficient (Wildman–Crippen LogP) is 5.79. The summed E-state index contributed by atoms with van der Waals surface area (Å²) in [7, 11) is 0. The summed E-state index contributed by atoms with van der Waals surface area (Å²) in [5.74, 6) is 0. The molecule has 3 rings (SSSR count). The van der Waals surface area contributed by atoms with E-state index in [2.05, 4.69) is 44.5 Å². The molecular formula is C13H10BrClN2S2. The van der Waals surface area contributed by atoms with E-state index >= 15 is 0 Å². The molecular weight excluding hydrogens is 364 g/mol. The van der Waals surface area contributed by atoms with Gasteiger partial charge < -0.3 is 9.55 Å². The van der Waals surface area contributed by atoms with E-state index in [1.54, 1.807) is 11.3 Å². The molecule has 1 N–H and O–H groups in total. The summed E-state index contributed by atoms with van der Waals surface area (Å²) in [5, 5.41) is 0. The average molecular weight is 374 g/mol. The maximum atomic E-state index is 6.02. The number of benzene rings is 1. The average Bonchev–Trinajstić information content (AvgIpc) is 2.91. The lowest BCUT2D eigenvalue weighted by Crippen LogP contribution is -2.04. The van der Waals surface area contributed by atoms with E-state index < -0.39 is 0 Å². The number of aromatic amines is 1. The van der Waals surface area contributed by atoms with Gasteiger partial charge in [0.15, 0.2) is 4.77 Å². The molecule has 0 amide bonds. The molecule has 0 bridgehead atoms. The number of nitrogens with zero attached hydrogens (tertiary/aromatic N) is 1. The Morgan fingerprint density at radius 1 is 1.37 bits per heavy atom. The molecule has 1 atom stereocenters. The van der Waals surface area contributed by atoms with Crippen LogP contribution in [0.25, 0.3) is 11.0 Å². The van der Waals surface area contributed by atoms with Crippen molar-refractivity contribution >= 4 is 62.1 Å². The van der Waals surface area contributed by atoms with Gasteiger partial charge in [0.2, 0.25) is 0 Å². The van der Waals surface area contributed by atoms with E-state index in [1.807, 2.05) is 18.2 Å². The Bertz CT molecular complexity index is 802. The topological polar surface area (TPSA) is 20.7 Å². The van der Waals surface area contributed by atoms with E-state index in [0.717, 1.165) is 24.6 Å². The van der Waals surface area contributed by atoms with Crippen LogP contribution in [0.5, 0.6) is 0 Å². The highest BCUT2D eigenvalue weighted by Gasteiger charge is 2.15. The zero-order valence-corrected chi connectivity index (χ0v) is 14.0. The maximum Gasteiger partial charge on any atom is 0.178 e. The number of H-pyrrole nitrogens is 1. The van der Waals surface area contributed by atoms with Gasteiger partial charge in [0.05, 0.1) is 21.4 Å². The number of nitrogens with one attached hydrogen (secondary N) is 1. The Hall–Kier alpha value is -0.620. The number of thiophene rings is 1. The number of imidazole rings is 1. The fraction of sp³-hybridized carbons (Fsp3) is 0.154. The second kappa shape index (κ2) is 5.05. The van der Waals surface area contributed by atoms with Crippen LogP contribution in [0.4, 0.5) is 0 Å². The summed E-state index contributed by atoms with van der Waals surface area (Å²) in [6.45, 7) is 2.13. The lowest BCUT2D eigenvalue weighted by atomic mass is 10.2. The lowest BCUT2D eigenvalue weighted by molar-refractivity contribution is 0.660. The van der Waals surface area contributed by atoms with Crippen molar-refractivity contribution in [2.45, 2.75) is 13.0 Å². The summed E-state index contributed by atoms with van der Waals surface area (Å²) in [4.78, 5) is 4.44. The molecule has 0 fully saturated rings. The Balaban J connectivity index is 2.21. The van der Waals surface area contributed by atoms with Crippen LogP contribution < -0.4 is 0 Å². The molecule has 0 radical (unpaired) electrons. The SMILES string of the molecule is CC(c1ccc(Cl)s1)n1c(=S)[nH]c2ccc(Br)cc21. The fourth-order valence-electron chi connectivity index (χ4n) is 2.16. The van der Waals surface area contributed by atoms with Gasteiger partial charge in [-0.15, -0.1) is 11.3 Å². The molecule has 1 unspecified atom stereocenters. The number of fused-ring (bicyclic) bond motifs is 1. The highest BCUT2D eigenvalue weighted by atomic mass is 79.9. The summed E-state index contributed by atoms with van der Waals surface area (Å²) in [5.41, 5.74) is 2.14. The second-order valence-electron chi connectivity index (χ2n) is 4.28. The highest BCUT2D eigenvalue weighted by molar-refractivity contribution is 9.10. The van der Waals surface area contributed by atoms with Crippen molar-refractivity contribution in [3.05, 3.63) is 48.8 Å². The number of aromatic nitrogens is 2. The van der Waals surface area contributed by atoms with Crippen LogP contribution in [0.1, 0.15) is 17.8 Å². The molecule has 19 heavy (non-hydrogen) atoms. The third kappa shape index (κ3) is 2.40. The molecule has 0 aliphatic heterocycles.